The Morgan fingerprint density at radius 2 is 0.926 bits per heavy atom. The molecular weight excluding hydrogens is 367 g/mol. The number of hydrogen-bond acceptors (Lipinski definition) is 2. The van der Waals surface area contributed by atoms with E-state index in [4.69, 9.17) is 0 Å². The van der Waals surface area contributed by atoms with Gasteiger partial charge in [0.25, 0.3) is 0 Å². The maximum Gasteiger partial charge on any atom is 0.198 e. The molecule has 0 radical (unpaired) electrons. The molecule has 3 rings (SSSR count). The van der Waals surface area contributed by atoms with E-state index in [0.717, 1.165) is 36.4 Å². The minimum absolute atomic E-state index is 0.283. The molecule has 136 valence electrons. The summed E-state index contributed by atoms with van der Waals surface area (Å²) >= 11 is 0. The Morgan fingerprint density at radius 1 is 0.519 bits per heavy atom. The van der Waals surface area contributed by atoms with E-state index in [1.165, 1.54) is 0 Å². The van der Waals surface area contributed by atoms with Gasteiger partial charge in [0.15, 0.2) is 11.6 Å². The maximum atomic E-state index is 14.3. The molecule has 0 N–H and O–H groups in total. The molecule has 0 heterocycles. The predicted molar refractivity (Wildman–Crippen MR) is 86.0 cm³/mol. The second-order valence-corrected chi connectivity index (χ2v) is 5.60. The lowest BCUT2D eigenvalue weighted by Gasteiger charge is -2.07. The van der Waals surface area contributed by atoms with Gasteiger partial charge in [-0.25, -0.2) is 22.0 Å². The predicted octanol–water partition coefficient (Wildman–Crippen LogP) is 4.84. The third-order valence-corrected chi connectivity index (χ3v) is 3.83. The Morgan fingerprint density at radius 3 is 1.37 bits per heavy atom. The van der Waals surface area contributed by atoms with Crippen LogP contribution in [0.25, 0.3) is 0 Å². The number of carbonyl (C=O) groups excluding carboxylic acids is 2. The summed E-state index contributed by atoms with van der Waals surface area (Å²) in [6, 6.07) is 7.21. The fourth-order valence-corrected chi connectivity index (χ4v) is 2.49. The summed E-state index contributed by atoms with van der Waals surface area (Å²) in [4.78, 5) is 24.5. The summed E-state index contributed by atoms with van der Waals surface area (Å²) in [5, 5.41) is 0. The number of benzene rings is 3. The van der Waals surface area contributed by atoms with Crippen LogP contribution in [-0.2, 0) is 0 Å². The van der Waals surface area contributed by atoms with Crippen LogP contribution in [-0.4, -0.2) is 11.6 Å². The molecule has 0 aromatic heterocycles. The van der Waals surface area contributed by atoms with Gasteiger partial charge in [0, 0.05) is 17.7 Å². The summed E-state index contributed by atoms with van der Waals surface area (Å²) in [6.07, 6.45) is 0. The van der Waals surface area contributed by atoms with E-state index in [9.17, 15) is 31.5 Å². The van der Waals surface area contributed by atoms with Crippen molar-refractivity contribution in [3.8, 4) is 0 Å². The summed E-state index contributed by atoms with van der Waals surface area (Å²) in [7, 11) is 0. The Balaban J connectivity index is 1.96. The van der Waals surface area contributed by atoms with Crippen LogP contribution >= 0.6 is 0 Å². The molecule has 3 aromatic carbocycles. The van der Waals surface area contributed by atoms with Crippen LogP contribution < -0.4 is 0 Å². The molecule has 0 amide bonds. The minimum atomic E-state index is -1.16. The van der Waals surface area contributed by atoms with Crippen LogP contribution in [0, 0.1) is 29.1 Å². The molecule has 27 heavy (non-hydrogen) atoms. The first-order valence-corrected chi connectivity index (χ1v) is 7.57. The van der Waals surface area contributed by atoms with Crippen molar-refractivity contribution in [1.29, 1.82) is 0 Å². The van der Waals surface area contributed by atoms with Crippen LogP contribution in [0.4, 0.5) is 22.0 Å². The Labute approximate surface area is 149 Å². The molecule has 7 heteroatoms. The van der Waals surface area contributed by atoms with E-state index >= 15 is 0 Å². The van der Waals surface area contributed by atoms with Crippen LogP contribution in [0.15, 0.2) is 54.6 Å². The largest absolute Gasteiger partial charge is 0.288 e. The molecule has 0 aliphatic carbocycles. The third-order valence-electron chi connectivity index (χ3n) is 3.83. The number of hydrogen-bond donors (Lipinski definition) is 0. The van der Waals surface area contributed by atoms with Crippen molar-refractivity contribution in [3.05, 3.63) is 106 Å². The SMILES string of the molecule is O=C(c1ccc(C(=O)c2ccc(F)cc2F)c(F)c1)c1ccc(F)cc1F. The van der Waals surface area contributed by atoms with Gasteiger partial charge in [0.05, 0.1) is 16.7 Å². The lowest BCUT2D eigenvalue weighted by atomic mass is 9.97. The van der Waals surface area contributed by atoms with Gasteiger partial charge < -0.3 is 0 Å². The standard InChI is InChI=1S/C20H9F5O2/c21-11-2-5-13(17(24)8-11)19(26)10-1-4-14(16(23)7-10)20(27)15-6-3-12(22)9-18(15)25/h1-9H. The molecule has 0 atom stereocenters. The van der Waals surface area contributed by atoms with Crippen LogP contribution in [0.1, 0.15) is 31.8 Å². The third kappa shape index (κ3) is 3.62. The molecule has 0 aliphatic heterocycles. The van der Waals surface area contributed by atoms with Crippen molar-refractivity contribution in [3.63, 3.8) is 0 Å². The zero-order valence-corrected chi connectivity index (χ0v) is 13.4. The summed E-state index contributed by atoms with van der Waals surface area (Å²) in [5.74, 6) is -7.15. The monoisotopic (exact) mass is 376 g/mol. The highest BCUT2D eigenvalue weighted by Crippen LogP contribution is 2.21. The molecule has 0 saturated heterocycles. The summed E-state index contributed by atoms with van der Waals surface area (Å²) < 4.78 is 67.6. The van der Waals surface area contributed by atoms with E-state index in [-0.39, 0.29) is 5.56 Å². The first-order chi connectivity index (χ1) is 12.8. The number of carbonyl (C=O) groups is 2. The van der Waals surface area contributed by atoms with E-state index in [0.29, 0.717) is 18.2 Å². The van der Waals surface area contributed by atoms with E-state index in [1.54, 1.807) is 0 Å². The van der Waals surface area contributed by atoms with E-state index < -0.39 is 57.3 Å². The van der Waals surface area contributed by atoms with Gasteiger partial charge in [-0.2, -0.15) is 0 Å². The van der Waals surface area contributed by atoms with Gasteiger partial charge in [0.2, 0.25) is 0 Å². The average Bonchev–Trinajstić information content (AvgIpc) is 2.60. The fourth-order valence-electron chi connectivity index (χ4n) is 2.49. The summed E-state index contributed by atoms with van der Waals surface area (Å²) in [6.45, 7) is 0. The Bertz CT molecular complexity index is 1080. The molecule has 0 fully saturated rings. The molecule has 3 aromatic rings. The van der Waals surface area contributed by atoms with Gasteiger partial charge in [-0.3, -0.25) is 9.59 Å². The minimum Gasteiger partial charge on any atom is -0.288 e. The van der Waals surface area contributed by atoms with E-state index in [1.807, 2.05) is 0 Å². The van der Waals surface area contributed by atoms with Gasteiger partial charge >= 0.3 is 0 Å². The summed E-state index contributed by atoms with van der Waals surface area (Å²) in [5.41, 5.74) is -1.84. The van der Waals surface area contributed by atoms with Crippen molar-refractivity contribution in [2.45, 2.75) is 0 Å². The van der Waals surface area contributed by atoms with Crippen molar-refractivity contribution >= 4 is 11.6 Å². The van der Waals surface area contributed by atoms with Gasteiger partial charge in [0.1, 0.15) is 29.1 Å². The Kier molecular flexibility index (Phi) is 4.85. The lowest BCUT2D eigenvalue weighted by molar-refractivity contribution is 0.102. The molecule has 0 spiro atoms. The van der Waals surface area contributed by atoms with Crippen LogP contribution in [0.5, 0.6) is 0 Å². The molecular formula is C20H9F5O2. The number of halogens is 5. The van der Waals surface area contributed by atoms with Gasteiger partial charge in [-0.1, -0.05) is 6.07 Å². The van der Waals surface area contributed by atoms with Crippen molar-refractivity contribution < 1.29 is 31.5 Å². The first-order valence-electron chi connectivity index (χ1n) is 7.57. The average molecular weight is 376 g/mol. The zero-order valence-electron chi connectivity index (χ0n) is 13.4. The van der Waals surface area contributed by atoms with Gasteiger partial charge in [-0.15, -0.1) is 0 Å². The number of rotatable bonds is 4. The zero-order chi connectivity index (χ0) is 19.7. The molecule has 0 unspecified atom stereocenters. The molecule has 2 nitrogen and oxygen atoms in total. The lowest BCUT2D eigenvalue weighted by Crippen LogP contribution is -2.10. The fraction of sp³-hybridized carbons (Fsp3) is 0. The highest BCUT2D eigenvalue weighted by atomic mass is 19.1. The van der Waals surface area contributed by atoms with Crippen molar-refractivity contribution in [2.24, 2.45) is 0 Å². The Hall–Kier alpha value is -3.35. The smallest absolute Gasteiger partial charge is 0.198 e. The molecule has 0 aliphatic rings. The topological polar surface area (TPSA) is 34.1 Å². The second-order valence-electron chi connectivity index (χ2n) is 5.60. The van der Waals surface area contributed by atoms with Crippen LogP contribution in [0.3, 0.4) is 0 Å². The maximum absolute atomic E-state index is 14.3. The van der Waals surface area contributed by atoms with E-state index in [2.05, 4.69) is 0 Å². The van der Waals surface area contributed by atoms with Crippen molar-refractivity contribution in [2.75, 3.05) is 0 Å². The highest BCUT2D eigenvalue weighted by molar-refractivity contribution is 6.12. The highest BCUT2D eigenvalue weighted by Gasteiger charge is 2.21. The van der Waals surface area contributed by atoms with Crippen molar-refractivity contribution in [1.82, 2.24) is 0 Å². The second kappa shape index (κ2) is 7.11. The number of ketones is 2. The van der Waals surface area contributed by atoms with Crippen LogP contribution in [0.2, 0.25) is 0 Å². The molecule has 0 saturated carbocycles. The van der Waals surface area contributed by atoms with Gasteiger partial charge in [-0.05, 0) is 36.4 Å². The first kappa shape index (κ1) is 18.4. The quantitative estimate of drug-likeness (QED) is 0.482. The molecule has 0 bridgehead atoms. The normalized spacial score (nSPS) is 10.7.